The van der Waals surface area contributed by atoms with Crippen molar-refractivity contribution in [3.63, 3.8) is 0 Å². The van der Waals surface area contributed by atoms with E-state index in [0.29, 0.717) is 17.5 Å². The fourth-order valence-corrected chi connectivity index (χ4v) is 8.29. The fourth-order valence-electron chi connectivity index (χ4n) is 8.29. The molecule has 5 nitrogen and oxygen atoms in total. The number of nitrogens with zero attached hydrogens (tertiary/aromatic N) is 3. The van der Waals surface area contributed by atoms with E-state index in [-0.39, 0.29) is 0 Å². The molecule has 0 radical (unpaired) electrons. The van der Waals surface area contributed by atoms with Crippen molar-refractivity contribution >= 4 is 83.8 Å². The molecule has 10 aromatic rings. The van der Waals surface area contributed by atoms with Gasteiger partial charge in [-0.05, 0) is 43.2 Å². The lowest BCUT2D eigenvalue weighted by molar-refractivity contribution is 0.665. The lowest BCUT2D eigenvalue weighted by Gasteiger charge is -2.20. The van der Waals surface area contributed by atoms with Crippen LogP contribution in [0.25, 0.3) is 100 Å². The molecular formula is C47H34B3N3O2. The van der Waals surface area contributed by atoms with Crippen molar-refractivity contribution in [2.45, 2.75) is 13.8 Å². The summed E-state index contributed by atoms with van der Waals surface area (Å²) in [6, 6.07) is 45.6. The summed E-state index contributed by atoms with van der Waals surface area (Å²) in [7, 11) is 6.67. The summed E-state index contributed by atoms with van der Waals surface area (Å²) in [5, 5.41) is 4.11. The van der Waals surface area contributed by atoms with Gasteiger partial charge in [0, 0.05) is 49.4 Å². The summed E-state index contributed by atoms with van der Waals surface area (Å²) in [6.07, 6.45) is 0. The van der Waals surface area contributed by atoms with E-state index in [1.54, 1.807) is 0 Å². The maximum atomic E-state index is 6.75. The zero-order valence-corrected chi connectivity index (χ0v) is 31.4. The molecule has 0 amide bonds. The summed E-state index contributed by atoms with van der Waals surface area (Å²) in [4.78, 5) is 15.5. The van der Waals surface area contributed by atoms with Gasteiger partial charge in [-0.15, -0.1) is 0 Å². The van der Waals surface area contributed by atoms with Crippen molar-refractivity contribution in [1.82, 2.24) is 15.0 Å². The van der Waals surface area contributed by atoms with Crippen molar-refractivity contribution in [3.05, 3.63) is 145 Å². The molecule has 0 unspecified atom stereocenters. The topological polar surface area (TPSA) is 65.0 Å². The summed E-state index contributed by atoms with van der Waals surface area (Å²) in [6.45, 7) is 4.44. The van der Waals surface area contributed by atoms with E-state index in [1.807, 2.05) is 60.7 Å². The first-order valence-electron chi connectivity index (χ1n) is 18.7. The molecule has 258 valence electrons. The number of rotatable bonds is 5. The number of aromatic nitrogens is 3. The zero-order valence-electron chi connectivity index (χ0n) is 31.4. The Hall–Kier alpha value is -6.66. The highest BCUT2D eigenvalue weighted by Crippen LogP contribution is 2.43. The van der Waals surface area contributed by atoms with Gasteiger partial charge >= 0.3 is 0 Å². The van der Waals surface area contributed by atoms with Crippen molar-refractivity contribution in [1.29, 1.82) is 0 Å². The highest BCUT2D eigenvalue weighted by molar-refractivity contribution is 6.54. The van der Waals surface area contributed by atoms with Crippen LogP contribution in [0.2, 0.25) is 0 Å². The first-order valence-corrected chi connectivity index (χ1v) is 18.7. The van der Waals surface area contributed by atoms with E-state index < -0.39 is 0 Å². The monoisotopic (exact) mass is 705 g/mol. The Morgan fingerprint density at radius 3 is 1.75 bits per heavy atom. The Kier molecular flexibility index (Phi) is 7.63. The van der Waals surface area contributed by atoms with E-state index in [2.05, 4.69) is 110 Å². The van der Waals surface area contributed by atoms with Gasteiger partial charge < -0.3 is 8.83 Å². The van der Waals surface area contributed by atoms with E-state index in [9.17, 15) is 0 Å². The molecule has 0 atom stereocenters. The van der Waals surface area contributed by atoms with Crippen LogP contribution in [0.15, 0.2) is 142 Å². The fraction of sp³-hybridized carbons (Fsp3) is 0.0426. The van der Waals surface area contributed by atoms with Crippen LogP contribution >= 0.6 is 0 Å². The van der Waals surface area contributed by atoms with Crippen LogP contribution in [0.4, 0.5) is 0 Å². The van der Waals surface area contributed by atoms with Crippen LogP contribution in [-0.4, -0.2) is 38.5 Å². The van der Waals surface area contributed by atoms with Gasteiger partial charge in [0.25, 0.3) is 0 Å². The second-order valence-corrected chi connectivity index (χ2v) is 14.5. The van der Waals surface area contributed by atoms with Crippen LogP contribution in [0, 0.1) is 13.8 Å². The molecule has 3 aromatic heterocycles. The van der Waals surface area contributed by atoms with Crippen LogP contribution in [0.5, 0.6) is 0 Å². The molecule has 7 aromatic carbocycles. The van der Waals surface area contributed by atoms with Gasteiger partial charge in [-0.3, -0.25) is 0 Å². The molecule has 10 rings (SSSR count). The van der Waals surface area contributed by atoms with Crippen LogP contribution < -0.4 is 16.4 Å². The standard InChI is InChI=1S/C47H34B3N3O2/c1-25-26(2)41(49)42(50)38(40(25)48)28-14-8-15-29(24-28)46-51-45(27-12-4-3-5-13-27)52-47(53-46)35-21-11-23-37-39(35)34-20-10-19-33(44(34)55-37)32-18-9-17-31-30-16-6-7-22-36(30)54-43(31)32/h3-24H,48-50H2,1-2H3. The molecule has 0 aliphatic heterocycles. The van der Waals surface area contributed by atoms with Crippen LogP contribution in [0.3, 0.4) is 0 Å². The van der Waals surface area contributed by atoms with Crippen LogP contribution in [-0.2, 0) is 0 Å². The Balaban J connectivity index is 1.18. The Morgan fingerprint density at radius 1 is 0.418 bits per heavy atom. The second kappa shape index (κ2) is 12.7. The Labute approximate surface area is 321 Å². The van der Waals surface area contributed by atoms with Crippen molar-refractivity contribution in [2.24, 2.45) is 0 Å². The van der Waals surface area contributed by atoms with Gasteiger partial charge in [-0.2, -0.15) is 0 Å². The van der Waals surface area contributed by atoms with Gasteiger partial charge in [0.1, 0.15) is 45.9 Å². The first kappa shape index (κ1) is 33.0. The molecule has 0 aliphatic carbocycles. The molecule has 0 saturated carbocycles. The van der Waals surface area contributed by atoms with Crippen molar-refractivity contribution < 1.29 is 8.83 Å². The molecule has 0 fully saturated rings. The van der Waals surface area contributed by atoms with Gasteiger partial charge in [0.05, 0.1) is 0 Å². The number of para-hydroxylation sites is 3. The highest BCUT2D eigenvalue weighted by Gasteiger charge is 2.22. The molecule has 0 bridgehead atoms. The quantitative estimate of drug-likeness (QED) is 0.175. The summed E-state index contributed by atoms with van der Waals surface area (Å²) >= 11 is 0. The summed E-state index contributed by atoms with van der Waals surface area (Å²) < 4.78 is 13.2. The zero-order chi connectivity index (χ0) is 37.4. The SMILES string of the molecule is Bc1c(B)c(-c2cccc(-c3nc(-c4ccccc4)nc(-c4cccc5oc6c(-c7cccc8c7oc7ccccc78)cccc6c45)n3)c2)c(B)c(C)c1C. The third-order valence-electron chi connectivity index (χ3n) is 11.5. The molecule has 8 heteroatoms. The molecular weight excluding hydrogens is 671 g/mol. The first-order chi connectivity index (χ1) is 26.9. The third-order valence-corrected chi connectivity index (χ3v) is 11.5. The molecule has 0 spiro atoms. The predicted molar refractivity (Wildman–Crippen MR) is 236 cm³/mol. The number of hydrogen-bond acceptors (Lipinski definition) is 5. The van der Waals surface area contributed by atoms with Gasteiger partial charge in [0.2, 0.25) is 0 Å². The second-order valence-electron chi connectivity index (χ2n) is 14.5. The summed E-state index contributed by atoms with van der Waals surface area (Å²) in [5.41, 5.74) is 17.0. The lowest BCUT2D eigenvalue weighted by atomic mass is 9.67. The van der Waals surface area contributed by atoms with E-state index in [1.165, 1.54) is 33.1 Å². The molecule has 55 heavy (non-hydrogen) atoms. The smallest absolute Gasteiger partial charge is 0.164 e. The maximum absolute atomic E-state index is 6.75. The summed E-state index contributed by atoms with van der Waals surface area (Å²) in [5.74, 6) is 1.81. The highest BCUT2D eigenvalue weighted by atomic mass is 16.3. The number of hydrogen-bond donors (Lipinski definition) is 0. The van der Waals surface area contributed by atoms with Gasteiger partial charge in [0.15, 0.2) is 17.5 Å². The van der Waals surface area contributed by atoms with E-state index >= 15 is 0 Å². The average molecular weight is 705 g/mol. The molecule has 0 saturated heterocycles. The molecule has 0 N–H and O–H groups in total. The van der Waals surface area contributed by atoms with E-state index in [0.717, 1.165) is 77.3 Å². The Morgan fingerprint density at radius 2 is 0.945 bits per heavy atom. The van der Waals surface area contributed by atoms with Crippen LogP contribution in [0.1, 0.15) is 11.1 Å². The lowest BCUT2D eigenvalue weighted by Crippen LogP contribution is -2.37. The van der Waals surface area contributed by atoms with Gasteiger partial charge in [-0.25, -0.2) is 15.0 Å². The number of furan rings is 2. The minimum absolute atomic E-state index is 0.585. The van der Waals surface area contributed by atoms with Crippen molar-refractivity contribution in [3.8, 4) is 56.4 Å². The number of benzene rings is 7. The third kappa shape index (κ3) is 5.24. The molecule has 0 aliphatic rings. The minimum atomic E-state index is 0.585. The Bertz CT molecular complexity index is 3140. The average Bonchev–Trinajstić information content (AvgIpc) is 3.81. The maximum Gasteiger partial charge on any atom is 0.164 e. The van der Waals surface area contributed by atoms with Gasteiger partial charge in [-0.1, -0.05) is 143 Å². The normalized spacial score (nSPS) is 11.7. The van der Waals surface area contributed by atoms with E-state index in [4.69, 9.17) is 23.8 Å². The largest absolute Gasteiger partial charge is 0.455 e. The molecule has 3 heterocycles. The number of fused-ring (bicyclic) bond motifs is 6. The predicted octanol–water partition coefficient (Wildman–Crippen LogP) is 7.40. The minimum Gasteiger partial charge on any atom is -0.455 e. The van der Waals surface area contributed by atoms with Crippen molar-refractivity contribution in [2.75, 3.05) is 0 Å².